The number of piperidine rings is 1. The first-order chi connectivity index (χ1) is 8.60. The van der Waals surface area contributed by atoms with Crippen molar-refractivity contribution in [2.45, 2.75) is 77.7 Å². The quantitative estimate of drug-likeness (QED) is 0.793. The van der Waals surface area contributed by atoms with Crippen LogP contribution < -0.4 is 0 Å². The first-order valence-corrected chi connectivity index (χ1v) is 6.92. The third kappa shape index (κ3) is 3.91. The van der Waals surface area contributed by atoms with Gasteiger partial charge in [0.25, 0.3) is 0 Å². The van der Waals surface area contributed by atoms with Gasteiger partial charge in [-0.1, -0.05) is 0 Å². The highest BCUT2D eigenvalue weighted by Crippen LogP contribution is 2.39. The molecule has 0 saturated carbocycles. The number of aliphatic hydroxyl groups is 1. The van der Waals surface area contributed by atoms with E-state index in [0.29, 0.717) is 19.4 Å². The maximum absolute atomic E-state index is 11.7. The molecule has 0 aromatic carbocycles. The lowest BCUT2D eigenvalue weighted by atomic mass is 9.80. The molecule has 1 rings (SSSR count). The summed E-state index contributed by atoms with van der Waals surface area (Å²) in [6.45, 7) is 11.8. The Morgan fingerprint density at radius 3 is 2.21 bits per heavy atom. The van der Waals surface area contributed by atoms with Crippen LogP contribution in [0.25, 0.3) is 0 Å². The van der Waals surface area contributed by atoms with E-state index >= 15 is 0 Å². The standard InChI is InChI=1S/C14H27NO4/c1-7-18-12(17)10(2)19-15-13(3,4)8-11(16)9-14(15,5)6/h10-11,16H,7-9H2,1-6H3. The molecule has 1 aliphatic rings. The minimum atomic E-state index is -0.645. The Morgan fingerprint density at radius 2 is 1.79 bits per heavy atom. The Bertz CT molecular complexity index is 309. The van der Waals surface area contributed by atoms with Gasteiger partial charge < -0.3 is 9.84 Å². The molecule has 1 N–H and O–H groups in total. The molecular formula is C14H27NO4. The molecule has 1 heterocycles. The van der Waals surface area contributed by atoms with Gasteiger partial charge in [0.05, 0.1) is 12.7 Å². The van der Waals surface area contributed by atoms with Gasteiger partial charge in [-0.25, -0.2) is 4.79 Å². The van der Waals surface area contributed by atoms with Gasteiger partial charge in [0.1, 0.15) is 0 Å². The van der Waals surface area contributed by atoms with Crippen molar-refractivity contribution in [3.8, 4) is 0 Å². The van der Waals surface area contributed by atoms with E-state index in [4.69, 9.17) is 9.57 Å². The second-order valence-electron chi connectivity index (χ2n) is 6.48. The number of ether oxygens (including phenoxy) is 1. The number of carbonyl (C=O) groups excluding carboxylic acids is 1. The molecule has 0 spiro atoms. The second kappa shape index (κ2) is 5.77. The summed E-state index contributed by atoms with van der Waals surface area (Å²) in [5.41, 5.74) is -0.663. The van der Waals surface area contributed by atoms with Crippen LogP contribution in [-0.2, 0) is 14.4 Å². The van der Waals surface area contributed by atoms with E-state index in [0.717, 1.165) is 0 Å². The van der Waals surface area contributed by atoms with Crippen LogP contribution in [0.5, 0.6) is 0 Å². The van der Waals surface area contributed by atoms with Crippen molar-refractivity contribution < 1.29 is 19.5 Å². The summed E-state index contributed by atoms with van der Waals surface area (Å²) in [6.07, 6.45) is 0.245. The largest absolute Gasteiger partial charge is 0.464 e. The Balaban J connectivity index is 2.81. The van der Waals surface area contributed by atoms with Crippen molar-refractivity contribution in [2.24, 2.45) is 0 Å². The third-order valence-electron chi connectivity index (χ3n) is 3.45. The lowest BCUT2D eigenvalue weighted by molar-refractivity contribution is -0.309. The minimum absolute atomic E-state index is 0.331. The normalized spacial score (nSPS) is 25.0. The monoisotopic (exact) mass is 273 g/mol. The van der Waals surface area contributed by atoms with Crippen LogP contribution in [0.15, 0.2) is 0 Å². The number of nitrogens with zero attached hydrogens (tertiary/aromatic N) is 1. The number of hydroxylamine groups is 2. The first-order valence-electron chi connectivity index (χ1n) is 6.92. The average molecular weight is 273 g/mol. The SMILES string of the molecule is CCOC(=O)C(C)ON1C(C)(C)CC(O)CC1(C)C. The van der Waals surface area contributed by atoms with Gasteiger partial charge in [-0.2, -0.15) is 5.06 Å². The molecule has 1 unspecified atom stereocenters. The second-order valence-corrected chi connectivity index (χ2v) is 6.48. The molecule has 0 radical (unpaired) electrons. The highest BCUT2D eigenvalue weighted by atomic mass is 16.7. The van der Waals surface area contributed by atoms with Crippen molar-refractivity contribution in [1.82, 2.24) is 5.06 Å². The van der Waals surface area contributed by atoms with Gasteiger partial charge in [0, 0.05) is 11.1 Å². The number of hydrogen-bond donors (Lipinski definition) is 1. The Kier molecular flexibility index (Phi) is 4.98. The van der Waals surface area contributed by atoms with E-state index < -0.39 is 6.10 Å². The molecule has 1 fully saturated rings. The molecule has 1 saturated heterocycles. The smallest absolute Gasteiger partial charge is 0.337 e. The van der Waals surface area contributed by atoms with Crippen molar-refractivity contribution in [3.05, 3.63) is 0 Å². The molecule has 5 nitrogen and oxygen atoms in total. The highest BCUT2D eigenvalue weighted by molar-refractivity contribution is 5.74. The zero-order valence-corrected chi connectivity index (χ0v) is 12.9. The highest BCUT2D eigenvalue weighted by Gasteiger charge is 2.47. The Labute approximate surface area is 115 Å². The maximum atomic E-state index is 11.7. The molecule has 5 heteroatoms. The molecule has 0 aliphatic carbocycles. The van der Waals surface area contributed by atoms with Crippen molar-refractivity contribution in [3.63, 3.8) is 0 Å². The number of rotatable bonds is 4. The van der Waals surface area contributed by atoms with Crippen LogP contribution >= 0.6 is 0 Å². The molecule has 19 heavy (non-hydrogen) atoms. The van der Waals surface area contributed by atoms with Crippen LogP contribution in [0.2, 0.25) is 0 Å². The van der Waals surface area contributed by atoms with Gasteiger partial charge >= 0.3 is 5.97 Å². The van der Waals surface area contributed by atoms with Crippen molar-refractivity contribution in [2.75, 3.05) is 6.61 Å². The molecule has 1 atom stereocenters. The van der Waals surface area contributed by atoms with E-state index in [1.165, 1.54) is 0 Å². The number of esters is 1. The van der Waals surface area contributed by atoms with E-state index in [1.54, 1.807) is 13.8 Å². The van der Waals surface area contributed by atoms with Crippen LogP contribution in [0.1, 0.15) is 54.4 Å². The topological polar surface area (TPSA) is 59.0 Å². The van der Waals surface area contributed by atoms with Crippen LogP contribution in [0, 0.1) is 0 Å². The van der Waals surface area contributed by atoms with E-state index in [-0.39, 0.29) is 23.2 Å². The molecule has 112 valence electrons. The lowest BCUT2D eigenvalue weighted by Crippen LogP contribution is -2.62. The molecule has 0 bridgehead atoms. The van der Waals surface area contributed by atoms with E-state index in [9.17, 15) is 9.90 Å². The molecule has 0 amide bonds. The minimum Gasteiger partial charge on any atom is -0.464 e. The summed E-state index contributed by atoms with van der Waals surface area (Å²) in [7, 11) is 0. The van der Waals surface area contributed by atoms with Gasteiger partial charge in [0.2, 0.25) is 0 Å². The summed E-state index contributed by atoms with van der Waals surface area (Å²) in [4.78, 5) is 17.5. The fraction of sp³-hybridized carbons (Fsp3) is 0.929. The van der Waals surface area contributed by atoms with Crippen molar-refractivity contribution >= 4 is 5.97 Å². The third-order valence-corrected chi connectivity index (χ3v) is 3.45. The summed E-state index contributed by atoms with van der Waals surface area (Å²) < 4.78 is 4.96. The van der Waals surface area contributed by atoms with Crippen LogP contribution in [-0.4, -0.2) is 46.0 Å². The molecule has 0 aromatic rings. The fourth-order valence-electron chi connectivity index (χ4n) is 2.96. The summed E-state index contributed by atoms with van der Waals surface area (Å²) in [5, 5.41) is 11.8. The Hall–Kier alpha value is -0.650. The predicted octanol–water partition coefficient (Wildman–Crippen LogP) is 1.88. The average Bonchev–Trinajstić information content (AvgIpc) is 2.21. The maximum Gasteiger partial charge on any atom is 0.337 e. The first kappa shape index (κ1) is 16.4. The van der Waals surface area contributed by atoms with Crippen LogP contribution in [0.3, 0.4) is 0 Å². The summed E-state index contributed by atoms with van der Waals surface area (Å²) >= 11 is 0. The predicted molar refractivity (Wildman–Crippen MR) is 72.4 cm³/mol. The van der Waals surface area contributed by atoms with Gasteiger partial charge in [-0.15, -0.1) is 0 Å². The molecule has 1 aliphatic heterocycles. The molecular weight excluding hydrogens is 246 g/mol. The number of carbonyl (C=O) groups is 1. The summed E-state index contributed by atoms with van der Waals surface area (Å²) in [6, 6.07) is 0. The lowest BCUT2D eigenvalue weighted by Gasteiger charge is -2.53. The molecule has 0 aromatic heterocycles. The van der Waals surface area contributed by atoms with Crippen LogP contribution in [0.4, 0.5) is 0 Å². The number of hydrogen-bond acceptors (Lipinski definition) is 5. The summed E-state index contributed by atoms with van der Waals surface area (Å²) in [5.74, 6) is -0.361. The zero-order chi connectivity index (χ0) is 14.8. The number of aliphatic hydroxyl groups excluding tert-OH is 1. The Morgan fingerprint density at radius 1 is 1.32 bits per heavy atom. The van der Waals surface area contributed by atoms with Gasteiger partial charge in [0.15, 0.2) is 6.10 Å². The van der Waals surface area contributed by atoms with Crippen molar-refractivity contribution in [1.29, 1.82) is 0 Å². The van der Waals surface area contributed by atoms with Gasteiger partial charge in [-0.05, 0) is 54.4 Å². The van der Waals surface area contributed by atoms with E-state index in [1.807, 2.05) is 32.8 Å². The van der Waals surface area contributed by atoms with Gasteiger partial charge in [-0.3, -0.25) is 4.84 Å². The van der Waals surface area contributed by atoms with E-state index in [2.05, 4.69) is 0 Å². The zero-order valence-electron chi connectivity index (χ0n) is 12.9. The fourth-order valence-corrected chi connectivity index (χ4v) is 2.96.